The van der Waals surface area contributed by atoms with Crippen LogP contribution in [0.3, 0.4) is 0 Å². The average molecular weight is 352 g/mol. The molecule has 1 amide bonds. The monoisotopic (exact) mass is 352 g/mol. The van der Waals surface area contributed by atoms with E-state index in [2.05, 4.69) is 5.32 Å². The van der Waals surface area contributed by atoms with Gasteiger partial charge in [0.15, 0.2) is 11.6 Å². The first-order valence-corrected chi connectivity index (χ1v) is 8.85. The molecule has 1 fully saturated rings. The first-order chi connectivity index (χ1) is 11.4. The fourth-order valence-electron chi connectivity index (χ4n) is 2.51. The van der Waals surface area contributed by atoms with Crippen molar-refractivity contribution in [3.63, 3.8) is 0 Å². The van der Waals surface area contributed by atoms with Gasteiger partial charge >= 0.3 is 0 Å². The Bertz CT molecular complexity index is 900. The number of hydrogen-bond acceptors (Lipinski definition) is 3. The Labute approximate surface area is 138 Å². The number of anilines is 2. The third-order valence-electron chi connectivity index (χ3n) is 3.67. The molecule has 2 aromatic carbocycles. The number of halogens is 2. The van der Waals surface area contributed by atoms with E-state index in [1.165, 1.54) is 16.4 Å². The third kappa shape index (κ3) is 3.23. The number of amides is 1. The first-order valence-electron chi connectivity index (χ1n) is 7.24. The Morgan fingerprint density at radius 3 is 2.54 bits per heavy atom. The van der Waals surface area contributed by atoms with Gasteiger partial charge in [0, 0.05) is 17.8 Å². The molecule has 0 aromatic heterocycles. The SMILES string of the molecule is O=C(Nc1cccc(N2CCCS2(=O)=O)c1)c1ccc(F)c(F)c1. The van der Waals surface area contributed by atoms with E-state index in [1.807, 2.05) is 0 Å². The third-order valence-corrected chi connectivity index (χ3v) is 5.54. The van der Waals surface area contributed by atoms with Gasteiger partial charge in [-0.3, -0.25) is 9.10 Å². The van der Waals surface area contributed by atoms with Crippen LogP contribution in [0.4, 0.5) is 20.2 Å². The predicted octanol–water partition coefficient (Wildman–Crippen LogP) is 2.76. The molecule has 1 heterocycles. The van der Waals surface area contributed by atoms with Crippen molar-refractivity contribution in [2.45, 2.75) is 6.42 Å². The summed E-state index contributed by atoms with van der Waals surface area (Å²) < 4.78 is 51.3. The molecule has 8 heteroatoms. The van der Waals surface area contributed by atoms with Gasteiger partial charge in [0.1, 0.15) is 0 Å². The number of rotatable bonds is 3. The fraction of sp³-hybridized carbons (Fsp3) is 0.188. The highest BCUT2D eigenvalue weighted by Gasteiger charge is 2.28. The van der Waals surface area contributed by atoms with Crippen LogP contribution >= 0.6 is 0 Å². The van der Waals surface area contributed by atoms with Crippen molar-refractivity contribution >= 4 is 27.3 Å². The molecule has 0 bridgehead atoms. The predicted molar refractivity (Wildman–Crippen MR) is 86.5 cm³/mol. The summed E-state index contributed by atoms with van der Waals surface area (Å²) in [6.07, 6.45) is 0.549. The van der Waals surface area contributed by atoms with Crippen molar-refractivity contribution in [3.05, 3.63) is 59.7 Å². The first kappa shape index (κ1) is 16.4. The molecule has 1 saturated heterocycles. The van der Waals surface area contributed by atoms with E-state index in [0.717, 1.165) is 12.1 Å². The average Bonchev–Trinajstić information content (AvgIpc) is 2.89. The summed E-state index contributed by atoms with van der Waals surface area (Å²) in [5.41, 5.74) is 0.785. The maximum absolute atomic E-state index is 13.2. The molecule has 1 aliphatic rings. The van der Waals surface area contributed by atoms with Gasteiger partial charge in [-0.25, -0.2) is 17.2 Å². The lowest BCUT2D eigenvalue weighted by Crippen LogP contribution is -2.25. The molecule has 0 spiro atoms. The van der Waals surface area contributed by atoms with Crippen LogP contribution in [-0.2, 0) is 10.0 Å². The summed E-state index contributed by atoms with van der Waals surface area (Å²) in [4.78, 5) is 12.1. The number of benzene rings is 2. The van der Waals surface area contributed by atoms with Crippen molar-refractivity contribution in [1.82, 2.24) is 0 Å². The minimum Gasteiger partial charge on any atom is -0.322 e. The summed E-state index contributed by atoms with van der Waals surface area (Å²) in [6.45, 7) is 0.392. The fourth-order valence-corrected chi connectivity index (χ4v) is 4.07. The Balaban J connectivity index is 1.82. The van der Waals surface area contributed by atoms with Crippen LogP contribution in [0.1, 0.15) is 16.8 Å². The number of carbonyl (C=O) groups excluding carboxylic acids is 1. The number of carbonyl (C=O) groups is 1. The standard InChI is InChI=1S/C16H14F2N2O3S/c17-14-6-5-11(9-15(14)18)16(21)19-12-3-1-4-13(10-12)20-7-2-8-24(20,22)23/h1,3-6,9-10H,2,7-8H2,(H,19,21). The molecule has 0 atom stereocenters. The second kappa shape index (κ2) is 6.20. The highest BCUT2D eigenvalue weighted by molar-refractivity contribution is 7.93. The lowest BCUT2D eigenvalue weighted by atomic mass is 10.2. The van der Waals surface area contributed by atoms with Crippen LogP contribution in [0.15, 0.2) is 42.5 Å². The lowest BCUT2D eigenvalue weighted by molar-refractivity contribution is 0.102. The summed E-state index contributed by atoms with van der Waals surface area (Å²) in [7, 11) is -3.32. The van der Waals surface area contributed by atoms with Crippen LogP contribution in [0.2, 0.25) is 0 Å². The zero-order chi connectivity index (χ0) is 17.3. The summed E-state index contributed by atoms with van der Waals surface area (Å²) in [5.74, 6) is -2.67. The Morgan fingerprint density at radius 1 is 1.08 bits per heavy atom. The minimum atomic E-state index is -3.32. The lowest BCUT2D eigenvalue weighted by Gasteiger charge is -2.17. The molecule has 1 aliphatic heterocycles. The van der Waals surface area contributed by atoms with E-state index >= 15 is 0 Å². The molecule has 3 rings (SSSR count). The molecule has 5 nitrogen and oxygen atoms in total. The Kier molecular flexibility index (Phi) is 4.23. The van der Waals surface area contributed by atoms with Gasteiger partial charge in [-0.05, 0) is 42.8 Å². The minimum absolute atomic E-state index is 0.0342. The molecular weight excluding hydrogens is 338 g/mol. The van der Waals surface area contributed by atoms with Crippen LogP contribution in [-0.4, -0.2) is 26.6 Å². The largest absolute Gasteiger partial charge is 0.322 e. The number of hydrogen-bond donors (Lipinski definition) is 1. The van der Waals surface area contributed by atoms with Crippen molar-refractivity contribution in [2.24, 2.45) is 0 Å². The molecule has 0 radical (unpaired) electrons. The second-order valence-corrected chi connectivity index (χ2v) is 7.39. The Morgan fingerprint density at radius 2 is 1.88 bits per heavy atom. The Hall–Kier alpha value is -2.48. The van der Waals surface area contributed by atoms with Gasteiger partial charge < -0.3 is 5.32 Å². The van der Waals surface area contributed by atoms with Gasteiger partial charge in [0.2, 0.25) is 10.0 Å². The molecule has 0 unspecified atom stereocenters. The number of nitrogens with zero attached hydrogens (tertiary/aromatic N) is 1. The van der Waals surface area contributed by atoms with Crippen molar-refractivity contribution in [3.8, 4) is 0 Å². The van der Waals surface area contributed by atoms with E-state index in [0.29, 0.717) is 24.3 Å². The van der Waals surface area contributed by atoms with E-state index < -0.39 is 27.6 Å². The summed E-state index contributed by atoms with van der Waals surface area (Å²) in [5, 5.41) is 2.55. The summed E-state index contributed by atoms with van der Waals surface area (Å²) >= 11 is 0. The van der Waals surface area contributed by atoms with Gasteiger partial charge in [-0.15, -0.1) is 0 Å². The van der Waals surface area contributed by atoms with Crippen LogP contribution in [0, 0.1) is 11.6 Å². The molecule has 0 saturated carbocycles. The molecule has 24 heavy (non-hydrogen) atoms. The zero-order valence-electron chi connectivity index (χ0n) is 12.5. The summed E-state index contributed by atoms with van der Waals surface area (Å²) in [6, 6.07) is 9.21. The molecule has 126 valence electrons. The van der Waals surface area contributed by atoms with Crippen molar-refractivity contribution < 1.29 is 22.0 Å². The maximum atomic E-state index is 13.2. The number of nitrogens with one attached hydrogen (secondary N) is 1. The second-order valence-electron chi connectivity index (χ2n) is 5.38. The van der Waals surface area contributed by atoms with Crippen molar-refractivity contribution in [2.75, 3.05) is 21.9 Å². The van der Waals surface area contributed by atoms with Gasteiger partial charge in [-0.2, -0.15) is 0 Å². The smallest absolute Gasteiger partial charge is 0.255 e. The molecular formula is C16H14F2N2O3S. The maximum Gasteiger partial charge on any atom is 0.255 e. The highest BCUT2D eigenvalue weighted by Crippen LogP contribution is 2.26. The molecule has 1 N–H and O–H groups in total. The zero-order valence-corrected chi connectivity index (χ0v) is 13.3. The number of sulfonamides is 1. The van der Waals surface area contributed by atoms with E-state index in [4.69, 9.17) is 0 Å². The van der Waals surface area contributed by atoms with Gasteiger partial charge in [0.25, 0.3) is 5.91 Å². The van der Waals surface area contributed by atoms with E-state index in [-0.39, 0.29) is 11.3 Å². The van der Waals surface area contributed by atoms with Crippen molar-refractivity contribution in [1.29, 1.82) is 0 Å². The van der Waals surface area contributed by atoms with Gasteiger partial charge in [-0.1, -0.05) is 6.07 Å². The van der Waals surface area contributed by atoms with Crippen LogP contribution in [0.5, 0.6) is 0 Å². The topological polar surface area (TPSA) is 66.5 Å². The van der Waals surface area contributed by atoms with E-state index in [1.54, 1.807) is 18.2 Å². The van der Waals surface area contributed by atoms with Gasteiger partial charge in [0.05, 0.1) is 11.4 Å². The molecule has 2 aromatic rings. The van der Waals surface area contributed by atoms with E-state index in [9.17, 15) is 22.0 Å². The quantitative estimate of drug-likeness (QED) is 0.924. The molecule has 0 aliphatic carbocycles. The highest BCUT2D eigenvalue weighted by atomic mass is 32.2. The van der Waals surface area contributed by atoms with Crippen LogP contribution < -0.4 is 9.62 Å². The normalized spacial score (nSPS) is 16.2. The van der Waals surface area contributed by atoms with Crippen LogP contribution in [0.25, 0.3) is 0 Å².